The van der Waals surface area contributed by atoms with Crippen LogP contribution in [0.15, 0.2) is 24.3 Å². The maximum absolute atomic E-state index is 11.6. The van der Waals surface area contributed by atoms with Crippen molar-refractivity contribution < 1.29 is 9.59 Å². The molecule has 0 aliphatic carbocycles. The molecule has 1 saturated heterocycles. The summed E-state index contributed by atoms with van der Waals surface area (Å²) in [6, 6.07) is 7.65. The lowest BCUT2D eigenvalue weighted by atomic mass is 10.1. The first-order valence-electron chi connectivity index (χ1n) is 6.20. The van der Waals surface area contributed by atoms with E-state index in [2.05, 4.69) is 4.90 Å². The Hall–Kier alpha value is -1.84. The molecule has 0 saturated carbocycles. The molecule has 1 aliphatic heterocycles. The largest absolute Gasteiger partial charge is 0.367 e. The van der Waals surface area contributed by atoms with Crippen molar-refractivity contribution in [3.05, 3.63) is 29.8 Å². The molecule has 0 N–H and O–H groups in total. The second kappa shape index (κ2) is 5.21. The van der Waals surface area contributed by atoms with Crippen LogP contribution in [0.3, 0.4) is 0 Å². The zero-order valence-electron chi connectivity index (χ0n) is 10.8. The number of nitrogens with zero attached hydrogens (tertiary/aromatic N) is 2. The summed E-state index contributed by atoms with van der Waals surface area (Å²) in [4.78, 5) is 26.9. The van der Waals surface area contributed by atoms with Crippen LogP contribution in [0.25, 0.3) is 0 Å². The number of anilines is 1. The number of carbonyl (C=O) groups excluding carboxylic acids is 2. The summed E-state index contributed by atoms with van der Waals surface area (Å²) in [6.45, 7) is 6.20. The third kappa shape index (κ3) is 2.53. The first-order chi connectivity index (χ1) is 8.59. The van der Waals surface area contributed by atoms with E-state index in [0.717, 1.165) is 37.4 Å². The summed E-state index contributed by atoms with van der Waals surface area (Å²) in [5, 5.41) is 0. The third-order valence-corrected chi connectivity index (χ3v) is 3.35. The van der Waals surface area contributed by atoms with Crippen LogP contribution in [0, 0.1) is 0 Å². The Morgan fingerprint density at radius 3 is 2.17 bits per heavy atom. The van der Waals surface area contributed by atoms with Gasteiger partial charge in [-0.3, -0.25) is 9.59 Å². The van der Waals surface area contributed by atoms with Gasteiger partial charge < -0.3 is 9.80 Å². The van der Waals surface area contributed by atoms with Crippen LogP contribution < -0.4 is 4.90 Å². The van der Waals surface area contributed by atoms with Crippen molar-refractivity contribution in [1.82, 2.24) is 4.90 Å². The van der Waals surface area contributed by atoms with E-state index >= 15 is 0 Å². The Labute approximate surface area is 107 Å². The lowest BCUT2D eigenvalue weighted by molar-refractivity contribution is -0.129. The number of ketones is 1. The first kappa shape index (κ1) is 12.6. The second-order valence-corrected chi connectivity index (χ2v) is 4.57. The fourth-order valence-electron chi connectivity index (χ4n) is 2.31. The predicted octanol–water partition coefficient (Wildman–Crippen LogP) is 1.56. The van der Waals surface area contributed by atoms with Crippen molar-refractivity contribution in [2.45, 2.75) is 13.8 Å². The van der Waals surface area contributed by atoms with Gasteiger partial charge in [0.2, 0.25) is 5.91 Å². The van der Waals surface area contributed by atoms with Crippen molar-refractivity contribution in [3.63, 3.8) is 0 Å². The Morgan fingerprint density at radius 1 is 1.00 bits per heavy atom. The SMILES string of the molecule is CC(=O)c1ccccc1N1CCN(C(C)=O)CC1. The highest BCUT2D eigenvalue weighted by atomic mass is 16.2. The standard InChI is InChI=1S/C14H18N2O2/c1-11(17)13-5-3-4-6-14(13)16-9-7-15(8-10-16)12(2)18/h3-6H,7-10H2,1-2H3. The minimum absolute atomic E-state index is 0.0830. The van der Waals surface area contributed by atoms with Crippen LogP contribution >= 0.6 is 0 Å². The Morgan fingerprint density at radius 2 is 1.61 bits per heavy atom. The number of hydrogen-bond acceptors (Lipinski definition) is 3. The van der Waals surface area contributed by atoms with E-state index in [9.17, 15) is 9.59 Å². The van der Waals surface area contributed by atoms with Crippen molar-refractivity contribution in [1.29, 1.82) is 0 Å². The van der Waals surface area contributed by atoms with Gasteiger partial charge >= 0.3 is 0 Å². The summed E-state index contributed by atoms with van der Waals surface area (Å²) in [5.74, 6) is 0.203. The first-order valence-corrected chi connectivity index (χ1v) is 6.20. The normalized spacial score (nSPS) is 15.7. The number of piperazine rings is 1. The van der Waals surface area contributed by atoms with Crippen molar-refractivity contribution >= 4 is 17.4 Å². The number of para-hydroxylation sites is 1. The molecule has 1 amide bonds. The number of benzene rings is 1. The van der Waals surface area contributed by atoms with E-state index in [-0.39, 0.29) is 11.7 Å². The maximum atomic E-state index is 11.6. The molecule has 2 rings (SSSR count). The predicted molar refractivity (Wildman–Crippen MR) is 70.9 cm³/mol. The van der Waals surface area contributed by atoms with Crippen LogP contribution in [-0.2, 0) is 4.79 Å². The van der Waals surface area contributed by atoms with Gasteiger partial charge in [0.25, 0.3) is 0 Å². The average Bonchev–Trinajstić information content (AvgIpc) is 2.39. The van der Waals surface area contributed by atoms with Gasteiger partial charge in [-0.25, -0.2) is 0 Å². The van der Waals surface area contributed by atoms with Gasteiger partial charge in [0, 0.05) is 44.4 Å². The lowest BCUT2D eigenvalue weighted by Gasteiger charge is -2.36. The topological polar surface area (TPSA) is 40.6 Å². The number of Topliss-reactive ketones (excluding diaryl/α,β-unsaturated/α-hetero) is 1. The molecule has 4 heteroatoms. The van der Waals surface area contributed by atoms with Crippen LogP contribution in [-0.4, -0.2) is 42.8 Å². The average molecular weight is 246 g/mol. The molecule has 18 heavy (non-hydrogen) atoms. The summed E-state index contributed by atoms with van der Waals surface area (Å²) >= 11 is 0. The molecule has 1 aliphatic rings. The van der Waals surface area contributed by atoms with E-state index < -0.39 is 0 Å². The van der Waals surface area contributed by atoms with Gasteiger partial charge in [0.05, 0.1) is 0 Å². The van der Waals surface area contributed by atoms with Crippen LogP contribution in [0.5, 0.6) is 0 Å². The molecule has 4 nitrogen and oxygen atoms in total. The summed E-state index contributed by atoms with van der Waals surface area (Å²) < 4.78 is 0. The second-order valence-electron chi connectivity index (χ2n) is 4.57. The summed E-state index contributed by atoms with van der Waals surface area (Å²) in [6.07, 6.45) is 0. The van der Waals surface area contributed by atoms with E-state index in [1.165, 1.54) is 0 Å². The molecule has 1 aromatic rings. The molecular weight excluding hydrogens is 228 g/mol. The number of amides is 1. The molecule has 96 valence electrons. The van der Waals surface area contributed by atoms with Gasteiger partial charge in [-0.1, -0.05) is 12.1 Å². The highest BCUT2D eigenvalue weighted by Crippen LogP contribution is 2.22. The number of rotatable bonds is 2. The molecule has 0 aromatic heterocycles. The van der Waals surface area contributed by atoms with Crippen molar-refractivity contribution in [2.75, 3.05) is 31.1 Å². The minimum atomic E-state index is 0.0830. The summed E-state index contributed by atoms with van der Waals surface area (Å²) in [5.41, 5.74) is 1.74. The molecule has 1 aromatic carbocycles. The smallest absolute Gasteiger partial charge is 0.219 e. The Balaban J connectivity index is 2.15. The van der Waals surface area contributed by atoms with Gasteiger partial charge in [-0.2, -0.15) is 0 Å². The van der Waals surface area contributed by atoms with Crippen LogP contribution in [0.2, 0.25) is 0 Å². The third-order valence-electron chi connectivity index (χ3n) is 3.35. The fourth-order valence-corrected chi connectivity index (χ4v) is 2.31. The zero-order chi connectivity index (χ0) is 13.1. The molecule has 0 bridgehead atoms. The van der Waals surface area contributed by atoms with E-state index in [1.807, 2.05) is 29.2 Å². The van der Waals surface area contributed by atoms with Gasteiger partial charge in [-0.05, 0) is 19.1 Å². The van der Waals surface area contributed by atoms with Crippen molar-refractivity contribution in [3.8, 4) is 0 Å². The zero-order valence-corrected chi connectivity index (χ0v) is 10.8. The lowest BCUT2D eigenvalue weighted by Crippen LogP contribution is -2.48. The Kier molecular flexibility index (Phi) is 3.65. The molecule has 0 unspecified atom stereocenters. The van der Waals surface area contributed by atoms with Gasteiger partial charge in [0.1, 0.15) is 0 Å². The summed E-state index contributed by atoms with van der Waals surface area (Å²) in [7, 11) is 0. The molecular formula is C14H18N2O2. The fraction of sp³-hybridized carbons (Fsp3) is 0.429. The molecule has 0 radical (unpaired) electrons. The molecule has 0 atom stereocenters. The van der Waals surface area contributed by atoms with Gasteiger partial charge in [-0.15, -0.1) is 0 Å². The molecule has 1 fully saturated rings. The quantitative estimate of drug-likeness (QED) is 0.743. The minimum Gasteiger partial charge on any atom is -0.367 e. The van der Waals surface area contributed by atoms with E-state index in [0.29, 0.717) is 0 Å². The number of hydrogen-bond donors (Lipinski definition) is 0. The van der Waals surface area contributed by atoms with Crippen molar-refractivity contribution in [2.24, 2.45) is 0 Å². The molecule has 0 spiro atoms. The van der Waals surface area contributed by atoms with Crippen LogP contribution in [0.1, 0.15) is 24.2 Å². The Bertz CT molecular complexity index is 463. The van der Waals surface area contributed by atoms with Gasteiger partial charge in [0.15, 0.2) is 5.78 Å². The number of carbonyl (C=O) groups is 2. The van der Waals surface area contributed by atoms with E-state index in [4.69, 9.17) is 0 Å². The molecule has 1 heterocycles. The highest BCUT2D eigenvalue weighted by molar-refractivity contribution is 5.99. The monoisotopic (exact) mass is 246 g/mol. The van der Waals surface area contributed by atoms with Crippen LogP contribution in [0.4, 0.5) is 5.69 Å². The highest BCUT2D eigenvalue weighted by Gasteiger charge is 2.21. The maximum Gasteiger partial charge on any atom is 0.219 e. The van der Waals surface area contributed by atoms with E-state index in [1.54, 1.807) is 13.8 Å².